The second-order valence-corrected chi connectivity index (χ2v) is 6.14. The molecule has 1 fully saturated rings. The normalized spacial score (nSPS) is 18.3. The second-order valence-electron chi connectivity index (χ2n) is 6.14. The van der Waals surface area contributed by atoms with Gasteiger partial charge in [0.2, 0.25) is 11.8 Å². The highest BCUT2D eigenvalue weighted by Gasteiger charge is 2.47. The van der Waals surface area contributed by atoms with Crippen LogP contribution in [-0.4, -0.2) is 22.6 Å². The molecule has 0 bridgehead atoms. The van der Waals surface area contributed by atoms with Crippen molar-refractivity contribution in [1.82, 2.24) is 10.3 Å². The Labute approximate surface area is 145 Å². The molecule has 2 atom stereocenters. The minimum atomic E-state index is -0.301. The molecule has 1 aromatic carbocycles. The number of carbonyl (C=O) groups is 3. The Bertz CT molecular complexity index is 787. The van der Waals surface area contributed by atoms with Gasteiger partial charge in [0.1, 0.15) is 0 Å². The van der Waals surface area contributed by atoms with Crippen LogP contribution in [0.25, 0.3) is 0 Å². The monoisotopic (exact) mass is 337 g/mol. The van der Waals surface area contributed by atoms with Crippen LogP contribution in [0.3, 0.4) is 0 Å². The van der Waals surface area contributed by atoms with E-state index in [4.69, 9.17) is 0 Å². The fourth-order valence-electron chi connectivity index (χ4n) is 2.62. The maximum absolute atomic E-state index is 12.2. The van der Waals surface area contributed by atoms with Crippen molar-refractivity contribution in [3.8, 4) is 0 Å². The Morgan fingerprint density at radius 3 is 2.28 bits per heavy atom. The van der Waals surface area contributed by atoms with E-state index in [1.54, 1.807) is 36.7 Å². The van der Waals surface area contributed by atoms with E-state index in [2.05, 4.69) is 15.6 Å². The van der Waals surface area contributed by atoms with Gasteiger partial charge in [-0.05, 0) is 55.3 Å². The van der Waals surface area contributed by atoms with E-state index in [9.17, 15) is 14.4 Å². The van der Waals surface area contributed by atoms with E-state index in [0.29, 0.717) is 24.2 Å². The summed E-state index contributed by atoms with van der Waals surface area (Å²) in [4.78, 5) is 39.5. The Morgan fingerprint density at radius 1 is 1.00 bits per heavy atom. The highest BCUT2D eigenvalue weighted by molar-refractivity contribution is 6.00. The van der Waals surface area contributed by atoms with Crippen LogP contribution in [0, 0.1) is 11.8 Å². The number of pyridine rings is 1. The maximum atomic E-state index is 12.2. The van der Waals surface area contributed by atoms with Crippen LogP contribution in [0.15, 0.2) is 48.8 Å². The van der Waals surface area contributed by atoms with Crippen molar-refractivity contribution in [2.24, 2.45) is 11.8 Å². The fraction of sp³-hybridized carbons (Fsp3) is 0.263. The van der Waals surface area contributed by atoms with Crippen LogP contribution in [0.4, 0.5) is 5.69 Å². The van der Waals surface area contributed by atoms with E-state index in [0.717, 1.165) is 5.56 Å². The summed E-state index contributed by atoms with van der Waals surface area (Å²) in [6.45, 7) is 1.92. The third-order valence-electron chi connectivity index (χ3n) is 4.24. The molecule has 1 aliphatic rings. The zero-order valence-corrected chi connectivity index (χ0v) is 13.9. The van der Waals surface area contributed by atoms with Gasteiger partial charge in [-0.2, -0.15) is 0 Å². The largest absolute Gasteiger partial charge is 0.352 e. The summed E-state index contributed by atoms with van der Waals surface area (Å²) in [5.41, 5.74) is 2.19. The van der Waals surface area contributed by atoms with Crippen molar-refractivity contribution in [2.75, 3.05) is 5.32 Å². The van der Waals surface area contributed by atoms with Gasteiger partial charge in [-0.15, -0.1) is 0 Å². The summed E-state index contributed by atoms with van der Waals surface area (Å²) in [6.07, 6.45) is 3.90. The number of hydrogen-bond donors (Lipinski definition) is 2. The third kappa shape index (κ3) is 4.29. The van der Waals surface area contributed by atoms with Crippen LogP contribution >= 0.6 is 0 Å². The molecule has 0 radical (unpaired) electrons. The van der Waals surface area contributed by atoms with E-state index >= 15 is 0 Å². The molecule has 6 heteroatoms. The second kappa shape index (κ2) is 7.25. The zero-order chi connectivity index (χ0) is 17.8. The molecular formula is C19H19N3O3. The molecule has 6 nitrogen and oxygen atoms in total. The standard InChI is InChI=1S/C19H19N3O3/c1-12(23)14-2-4-15(5-3-14)22-19(25)17-10-16(17)18(24)21-11-13-6-8-20-9-7-13/h2-9,16-17H,10-11H2,1H3,(H,21,24)(H,22,25). The Morgan fingerprint density at radius 2 is 1.64 bits per heavy atom. The first kappa shape index (κ1) is 16.8. The summed E-state index contributed by atoms with van der Waals surface area (Å²) >= 11 is 0. The lowest BCUT2D eigenvalue weighted by molar-refractivity contribution is -0.125. The lowest BCUT2D eigenvalue weighted by Crippen LogP contribution is -2.27. The molecule has 2 N–H and O–H groups in total. The van der Waals surface area contributed by atoms with Gasteiger partial charge in [0.25, 0.3) is 0 Å². The number of hydrogen-bond acceptors (Lipinski definition) is 4. The number of benzene rings is 1. The molecule has 2 aromatic rings. The van der Waals surface area contributed by atoms with Crippen molar-refractivity contribution in [3.05, 3.63) is 59.9 Å². The zero-order valence-electron chi connectivity index (χ0n) is 13.9. The average molecular weight is 337 g/mol. The molecule has 2 unspecified atom stereocenters. The van der Waals surface area contributed by atoms with Gasteiger partial charge in [-0.25, -0.2) is 0 Å². The number of nitrogens with zero attached hydrogens (tertiary/aromatic N) is 1. The van der Waals surface area contributed by atoms with Crippen LogP contribution in [0.2, 0.25) is 0 Å². The molecule has 128 valence electrons. The van der Waals surface area contributed by atoms with Crippen molar-refractivity contribution < 1.29 is 14.4 Å². The molecule has 0 saturated heterocycles. The molecule has 1 saturated carbocycles. The number of rotatable bonds is 6. The lowest BCUT2D eigenvalue weighted by Gasteiger charge is -2.07. The van der Waals surface area contributed by atoms with Gasteiger partial charge in [0.05, 0.1) is 11.8 Å². The number of nitrogens with one attached hydrogen (secondary N) is 2. The predicted octanol–water partition coefficient (Wildman–Crippen LogP) is 2.18. The number of ketones is 1. The quantitative estimate of drug-likeness (QED) is 0.791. The molecule has 3 rings (SSSR count). The van der Waals surface area contributed by atoms with E-state index in [1.807, 2.05) is 12.1 Å². The fourth-order valence-corrected chi connectivity index (χ4v) is 2.62. The lowest BCUT2D eigenvalue weighted by atomic mass is 10.1. The topological polar surface area (TPSA) is 88.2 Å². The summed E-state index contributed by atoms with van der Waals surface area (Å²) in [7, 11) is 0. The van der Waals surface area contributed by atoms with Crippen molar-refractivity contribution in [3.63, 3.8) is 0 Å². The minimum absolute atomic E-state index is 0.0222. The van der Waals surface area contributed by atoms with Gasteiger partial charge >= 0.3 is 0 Å². The van der Waals surface area contributed by atoms with Crippen LogP contribution < -0.4 is 10.6 Å². The molecular weight excluding hydrogens is 318 g/mol. The highest BCUT2D eigenvalue weighted by atomic mass is 16.2. The summed E-state index contributed by atoms with van der Waals surface area (Å²) in [5.74, 6) is -0.877. The summed E-state index contributed by atoms with van der Waals surface area (Å²) in [5, 5.41) is 5.64. The molecule has 0 aliphatic heterocycles. The molecule has 0 spiro atoms. The predicted molar refractivity (Wildman–Crippen MR) is 92.8 cm³/mol. The van der Waals surface area contributed by atoms with E-state index in [1.165, 1.54) is 6.92 Å². The highest BCUT2D eigenvalue weighted by Crippen LogP contribution is 2.39. The maximum Gasteiger partial charge on any atom is 0.228 e. The first-order valence-electron chi connectivity index (χ1n) is 8.13. The van der Waals surface area contributed by atoms with E-state index < -0.39 is 0 Å². The van der Waals surface area contributed by atoms with Crippen molar-refractivity contribution in [2.45, 2.75) is 19.9 Å². The molecule has 1 aliphatic carbocycles. The van der Waals surface area contributed by atoms with Crippen molar-refractivity contribution in [1.29, 1.82) is 0 Å². The van der Waals surface area contributed by atoms with Gasteiger partial charge in [0.15, 0.2) is 5.78 Å². The number of carbonyl (C=O) groups excluding carboxylic acids is 3. The van der Waals surface area contributed by atoms with Gasteiger partial charge in [-0.3, -0.25) is 19.4 Å². The Kier molecular flexibility index (Phi) is 4.88. The van der Waals surface area contributed by atoms with E-state index in [-0.39, 0.29) is 29.4 Å². The minimum Gasteiger partial charge on any atom is -0.352 e. The molecule has 1 heterocycles. The molecule has 2 amide bonds. The SMILES string of the molecule is CC(=O)c1ccc(NC(=O)C2CC2C(=O)NCc2ccncc2)cc1. The number of anilines is 1. The molecule has 1 aromatic heterocycles. The first-order chi connectivity index (χ1) is 12.0. The smallest absolute Gasteiger partial charge is 0.228 e. The summed E-state index contributed by atoms with van der Waals surface area (Å²) < 4.78 is 0. The number of Topliss-reactive ketones (excluding diaryl/α,β-unsaturated/α-hetero) is 1. The van der Waals surface area contributed by atoms with Crippen LogP contribution in [0.5, 0.6) is 0 Å². The third-order valence-corrected chi connectivity index (χ3v) is 4.24. The van der Waals surface area contributed by atoms with Crippen LogP contribution in [0.1, 0.15) is 29.3 Å². The van der Waals surface area contributed by atoms with Gasteiger partial charge < -0.3 is 10.6 Å². The number of aromatic nitrogens is 1. The first-order valence-corrected chi connectivity index (χ1v) is 8.13. The molecule has 25 heavy (non-hydrogen) atoms. The number of amides is 2. The van der Waals surface area contributed by atoms with Gasteiger partial charge in [-0.1, -0.05) is 0 Å². The summed E-state index contributed by atoms with van der Waals surface area (Å²) in [6, 6.07) is 10.4. The Hall–Kier alpha value is -3.02. The van der Waals surface area contributed by atoms with Gasteiger partial charge in [0, 0.05) is 30.2 Å². The van der Waals surface area contributed by atoms with Crippen molar-refractivity contribution >= 4 is 23.3 Å². The average Bonchev–Trinajstić information content (AvgIpc) is 3.42. The Balaban J connectivity index is 1.48. The van der Waals surface area contributed by atoms with Crippen LogP contribution in [-0.2, 0) is 16.1 Å².